The van der Waals surface area contributed by atoms with Crippen molar-refractivity contribution in [2.75, 3.05) is 6.54 Å². The van der Waals surface area contributed by atoms with Crippen molar-refractivity contribution in [2.24, 2.45) is 11.7 Å². The number of nitrogens with two attached hydrogens (primary N) is 1. The number of carbonyl (C=O) groups is 3. The summed E-state index contributed by atoms with van der Waals surface area (Å²) in [4.78, 5) is 38.0. The Hall–Kier alpha value is -1.83. The molecule has 8 heteroatoms. The lowest BCUT2D eigenvalue weighted by atomic mass is 9.83. The number of esters is 1. The number of rotatable bonds is 5. The Balaban J connectivity index is 0.000000657. The van der Waals surface area contributed by atoms with Gasteiger partial charge in [0.1, 0.15) is 23.8 Å². The van der Waals surface area contributed by atoms with Crippen LogP contribution in [0.5, 0.6) is 0 Å². The van der Waals surface area contributed by atoms with E-state index in [1.54, 1.807) is 41.5 Å². The summed E-state index contributed by atoms with van der Waals surface area (Å²) >= 11 is 0. The molecule has 0 aromatic heterocycles. The van der Waals surface area contributed by atoms with Crippen LogP contribution in [0.15, 0.2) is 0 Å². The smallest absolute Gasteiger partial charge is 0.411 e. The maximum atomic E-state index is 12.7. The monoisotopic (exact) mass is 470 g/mol. The fourth-order valence-corrected chi connectivity index (χ4v) is 4.28. The molecule has 2 saturated carbocycles. The van der Waals surface area contributed by atoms with Crippen LogP contribution < -0.4 is 5.73 Å². The van der Waals surface area contributed by atoms with Gasteiger partial charge in [-0.05, 0) is 73.1 Å². The predicted molar refractivity (Wildman–Crippen MR) is 128 cm³/mol. The molecule has 8 nitrogen and oxygen atoms in total. The van der Waals surface area contributed by atoms with Gasteiger partial charge in [-0.15, -0.1) is 0 Å². The average molecular weight is 471 g/mol. The minimum absolute atomic E-state index is 0.198. The molecule has 0 spiro atoms. The van der Waals surface area contributed by atoms with Crippen LogP contribution in [0.3, 0.4) is 0 Å². The van der Waals surface area contributed by atoms with Crippen molar-refractivity contribution in [3.8, 4) is 0 Å². The summed E-state index contributed by atoms with van der Waals surface area (Å²) in [6.07, 6.45) is 10.2. The summed E-state index contributed by atoms with van der Waals surface area (Å²) in [6, 6.07) is -0.564. The molecule has 0 aromatic carbocycles. The molecule has 1 amide bonds. The zero-order chi connectivity index (χ0) is 25.2. The third-order valence-corrected chi connectivity index (χ3v) is 5.68. The number of carboxylic acids is 1. The molecular weight excluding hydrogens is 424 g/mol. The summed E-state index contributed by atoms with van der Waals surface area (Å²) < 4.78 is 10.7. The van der Waals surface area contributed by atoms with E-state index in [9.17, 15) is 19.5 Å². The van der Waals surface area contributed by atoms with Crippen molar-refractivity contribution in [1.29, 1.82) is 0 Å². The van der Waals surface area contributed by atoms with Crippen molar-refractivity contribution >= 4 is 18.0 Å². The van der Waals surface area contributed by atoms with E-state index in [0.717, 1.165) is 24.2 Å². The van der Waals surface area contributed by atoms with Crippen molar-refractivity contribution < 1.29 is 29.0 Å². The third kappa shape index (κ3) is 12.3. The third-order valence-electron chi connectivity index (χ3n) is 5.68. The number of hydrogen-bond acceptors (Lipinski definition) is 6. The number of amides is 1. The Morgan fingerprint density at radius 3 is 1.67 bits per heavy atom. The standard InChI is InChI=1S/C19H33NO6.C6H13N/c1-18(2,3)25-14(21)12-20(17(24)26-19(4,5)6)15(16(22)23)13-10-8-7-9-11-13;7-6-4-2-1-3-5-6/h13,15H,7-12H2,1-6H3,(H,22,23);6H,1-5,7H2/t15-;/m0./s1. The second-order valence-electron chi connectivity index (χ2n) is 11.3. The summed E-state index contributed by atoms with van der Waals surface area (Å²) in [5.41, 5.74) is 4.12. The van der Waals surface area contributed by atoms with Gasteiger partial charge >= 0.3 is 18.0 Å². The molecule has 1 atom stereocenters. The fourth-order valence-electron chi connectivity index (χ4n) is 4.28. The van der Waals surface area contributed by atoms with Gasteiger partial charge in [0.25, 0.3) is 0 Å². The first kappa shape index (κ1) is 29.2. The zero-order valence-corrected chi connectivity index (χ0v) is 21.5. The summed E-state index contributed by atoms with van der Waals surface area (Å²) in [6.45, 7) is 9.82. The molecular formula is C25H46N2O6. The highest BCUT2D eigenvalue weighted by Crippen LogP contribution is 2.30. The Kier molecular flexibility index (Phi) is 11.6. The van der Waals surface area contributed by atoms with E-state index in [-0.39, 0.29) is 5.92 Å². The molecule has 0 unspecified atom stereocenters. The highest BCUT2D eigenvalue weighted by Gasteiger charge is 2.40. The lowest BCUT2D eigenvalue weighted by Crippen LogP contribution is -2.53. The topological polar surface area (TPSA) is 119 Å². The van der Waals surface area contributed by atoms with E-state index in [0.29, 0.717) is 18.9 Å². The number of ether oxygens (including phenoxy) is 2. The largest absolute Gasteiger partial charge is 0.480 e. The van der Waals surface area contributed by atoms with Crippen LogP contribution in [0.25, 0.3) is 0 Å². The lowest BCUT2D eigenvalue weighted by Gasteiger charge is -2.36. The second kappa shape index (κ2) is 13.2. The summed E-state index contributed by atoms with van der Waals surface area (Å²) in [5, 5.41) is 9.79. The molecule has 0 bridgehead atoms. The van der Waals surface area contributed by atoms with Crippen LogP contribution in [0.1, 0.15) is 106 Å². The Bertz CT molecular complexity index is 626. The maximum absolute atomic E-state index is 12.7. The number of carboxylic acid groups (broad SMARTS) is 1. The van der Waals surface area contributed by atoms with E-state index in [1.807, 2.05) is 0 Å². The number of carbonyl (C=O) groups excluding carboxylic acids is 2. The molecule has 33 heavy (non-hydrogen) atoms. The Labute approximate surface area is 199 Å². The number of nitrogens with zero attached hydrogens (tertiary/aromatic N) is 1. The Morgan fingerprint density at radius 1 is 0.848 bits per heavy atom. The zero-order valence-electron chi connectivity index (χ0n) is 21.5. The minimum Gasteiger partial charge on any atom is -0.480 e. The summed E-state index contributed by atoms with van der Waals surface area (Å²) in [5.74, 6) is -1.96. The lowest BCUT2D eigenvalue weighted by molar-refractivity contribution is -0.159. The second-order valence-corrected chi connectivity index (χ2v) is 11.3. The van der Waals surface area contributed by atoms with Gasteiger partial charge in [0, 0.05) is 6.04 Å². The van der Waals surface area contributed by atoms with Crippen molar-refractivity contribution in [3.05, 3.63) is 0 Å². The van der Waals surface area contributed by atoms with Gasteiger partial charge in [-0.2, -0.15) is 0 Å². The van der Waals surface area contributed by atoms with Crippen LogP contribution in [-0.2, 0) is 19.1 Å². The van der Waals surface area contributed by atoms with Crippen LogP contribution in [0.4, 0.5) is 4.79 Å². The SMILES string of the molecule is CC(C)(C)OC(=O)CN(C(=O)OC(C)(C)C)[C@H](C(=O)O)C1CCCCC1.NC1CCCCC1. The van der Waals surface area contributed by atoms with Gasteiger partial charge in [0.15, 0.2) is 0 Å². The minimum atomic E-state index is -1.12. The van der Waals surface area contributed by atoms with Gasteiger partial charge in [0.05, 0.1) is 0 Å². The van der Waals surface area contributed by atoms with E-state index in [1.165, 1.54) is 32.1 Å². The van der Waals surface area contributed by atoms with Gasteiger partial charge in [-0.3, -0.25) is 9.69 Å². The van der Waals surface area contributed by atoms with Crippen molar-refractivity contribution in [1.82, 2.24) is 4.90 Å². The first-order valence-electron chi connectivity index (χ1n) is 12.4. The molecule has 0 saturated heterocycles. The first-order valence-corrected chi connectivity index (χ1v) is 12.4. The Morgan fingerprint density at radius 2 is 1.30 bits per heavy atom. The molecule has 0 radical (unpaired) electrons. The molecule has 2 fully saturated rings. The van der Waals surface area contributed by atoms with Gasteiger partial charge < -0.3 is 20.3 Å². The van der Waals surface area contributed by atoms with Crippen molar-refractivity contribution in [2.45, 2.75) is 129 Å². The average Bonchev–Trinajstić information content (AvgIpc) is 2.66. The van der Waals surface area contributed by atoms with Gasteiger partial charge in [-0.25, -0.2) is 9.59 Å². The van der Waals surface area contributed by atoms with E-state index in [4.69, 9.17) is 15.2 Å². The van der Waals surface area contributed by atoms with Crippen molar-refractivity contribution in [3.63, 3.8) is 0 Å². The molecule has 2 rings (SSSR count). The number of aliphatic carboxylic acids is 1. The number of hydrogen-bond donors (Lipinski definition) is 2. The van der Waals surface area contributed by atoms with E-state index < -0.39 is 41.8 Å². The van der Waals surface area contributed by atoms with Crippen LogP contribution in [-0.4, -0.2) is 57.9 Å². The maximum Gasteiger partial charge on any atom is 0.411 e. The van der Waals surface area contributed by atoms with Crippen LogP contribution >= 0.6 is 0 Å². The molecule has 0 heterocycles. The quantitative estimate of drug-likeness (QED) is 0.550. The van der Waals surface area contributed by atoms with Gasteiger partial charge in [0.2, 0.25) is 0 Å². The highest BCUT2D eigenvalue weighted by molar-refractivity contribution is 5.84. The molecule has 3 N–H and O–H groups in total. The normalized spacial score (nSPS) is 19.0. The molecule has 0 aromatic rings. The van der Waals surface area contributed by atoms with E-state index in [2.05, 4.69) is 0 Å². The molecule has 192 valence electrons. The molecule has 2 aliphatic rings. The van der Waals surface area contributed by atoms with E-state index >= 15 is 0 Å². The fraction of sp³-hybridized carbons (Fsp3) is 0.880. The molecule has 2 aliphatic carbocycles. The highest BCUT2D eigenvalue weighted by atomic mass is 16.6. The van der Waals surface area contributed by atoms with Gasteiger partial charge in [-0.1, -0.05) is 38.5 Å². The van der Waals surface area contributed by atoms with Crippen LogP contribution in [0.2, 0.25) is 0 Å². The molecule has 0 aliphatic heterocycles. The van der Waals surface area contributed by atoms with Crippen LogP contribution in [0, 0.1) is 5.92 Å². The summed E-state index contributed by atoms with van der Waals surface area (Å²) in [7, 11) is 0. The predicted octanol–water partition coefficient (Wildman–Crippen LogP) is 4.88. The first-order chi connectivity index (χ1) is 15.2.